The smallest absolute Gasteiger partial charge is 0.336 e. The van der Waals surface area contributed by atoms with Crippen LogP contribution in [0.1, 0.15) is 66.2 Å². The second-order valence-electron chi connectivity index (χ2n) is 9.84. The first-order chi connectivity index (χ1) is 15.2. The minimum Gasteiger partial charge on any atom is -0.455 e. The Morgan fingerprint density at radius 1 is 1.16 bits per heavy atom. The number of hydrogen-bond acceptors (Lipinski definition) is 8. The van der Waals surface area contributed by atoms with Gasteiger partial charge in [-0.2, -0.15) is 0 Å². The molecule has 0 unspecified atom stereocenters. The standard InChI is InChI=1S/C24H32O8/c1-5-7-16(26)29-19-18-17-15(10-9-14-8-6-11-24(3,4)12-14)20(27)30-21(17)31-22(18)32-23(19)28-13(2)25/h9-10,17-19,21-23H,5-8,11-12H2,1-4H3/b14-9+,15-10+/t17-,18-,19-,21+,22+,23-/m0/s1. The first-order valence-corrected chi connectivity index (χ1v) is 11.5. The van der Waals surface area contributed by atoms with E-state index in [0.717, 1.165) is 19.3 Å². The lowest BCUT2D eigenvalue weighted by Gasteiger charge is -2.31. The van der Waals surface area contributed by atoms with E-state index in [4.69, 9.17) is 23.7 Å². The van der Waals surface area contributed by atoms with Crippen LogP contribution in [-0.2, 0) is 38.1 Å². The Balaban J connectivity index is 1.60. The van der Waals surface area contributed by atoms with E-state index >= 15 is 0 Å². The molecule has 176 valence electrons. The Bertz CT molecular complexity index is 841. The molecule has 0 radical (unpaired) electrons. The summed E-state index contributed by atoms with van der Waals surface area (Å²) in [4.78, 5) is 36.5. The van der Waals surface area contributed by atoms with Gasteiger partial charge in [0, 0.05) is 18.9 Å². The molecule has 1 aliphatic carbocycles. The summed E-state index contributed by atoms with van der Waals surface area (Å²) in [5, 5.41) is 0. The highest BCUT2D eigenvalue weighted by Crippen LogP contribution is 2.51. The van der Waals surface area contributed by atoms with Crippen molar-refractivity contribution in [1.82, 2.24) is 0 Å². The zero-order valence-corrected chi connectivity index (χ0v) is 19.1. The number of hydrogen-bond donors (Lipinski definition) is 0. The van der Waals surface area contributed by atoms with Gasteiger partial charge >= 0.3 is 17.9 Å². The van der Waals surface area contributed by atoms with Gasteiger partial charge in [0.1, 0.15) is 0 Å². The van der Waals surface area contributed by atoms with Crippen molar-refractivity contribution in [2.75, 3.05) is 0 Å². The van der Waals surface area contributed by atoms with Crippen molar-refractivity contribution in [2.24, 2.45) is 17.3 Å². The Labute approximate surface area is 188 Å². The molecule has 0 spiro atoms. The van der Waals surface area contributed by atoms with Crippen molar-refractivity contribution in [3.8, 4) is 0 Å². The third-order valence-corrected chi connectivity index (χ3v) is 6.58. The molecular formula is C24H32O8. The van der Waals surface area contributed by atoms with Crippen LogP contribution in [0.4, 0.5) is 0 Å². The monoisotopic (exact) mass is 448 g/mol. The topological polar surface area (TPSA) is 97.4 Å². The summed E-state index contributed by atoms with van der Waals surface area (Å²) < 4.78 is 27.9. The molecule has 0 N–H and O–H groups in total. The second-order valence-corrected chi connectivity index (χ2v) is 9.84. The van der Waals surface area contributed by atoms with E-state index in [1.807, 2.05) is 19.1 Å². The van der Waals surface area contributed by atoms with Gasteiger partial charge in [-0.05, 0) is 37.5 Å². The van der Waals surface area contributed by atoms with Crippen LogP contribution in [0.2, 0.25) is 0 Å². The molecular weight excluding hydrogens is 416 g/mol. The maximum Gasteiger partial charge on any atom is 0.336 e. The van der Waals surface area contributed by atoms with E-state index in [-0.39, 0.29) is 11.8 Å². The summed E-state index contributed by atoms with van der Waals surface area (Å²) in [6.45, 7) is 7.64. The molecule has 4 rings (SSSR count). The van der Waals surface area contributed by atoms with Gasteiger partial charge in [0.25, 0.3) is 0 Å². The van der Waals surface area contributed by atoms with Crippen LogP contribution in [0.15, 0.2) is 23.3 Å². The van der Waals surface area contributed by atoms with Gasteiger partial charge in [-0.15, -0.1) is 0 Å². The minimum absolute atomic E-state index is 0.232. The second kappa shape index (κ2) is 8.98. The maximum absolute atomic E-state index is 12.6. The van der Waals surface area contributed by atoms with E-state index in [9.17, 15) is 14.4 Å². The molecule has 0 aromatic carbocycles. The van der Waals surface area contributed by atoms with Gasteiger partial charge in [-0.25, -0.2) is 4.79 Å². The number of carbonyl (C=O) groups excluding carboxylic acids is 3. The van der Waals surface area contributed by atoms with E-state index in [1.54, 1.807) is 0 Å². The average molecular weight is 449 g/mol. The predicted octanol–water partition coefficient (Wildman–Crippen LogP) is 3.54. The minimum atomic E-state index is -1.08. The van der Waals surface area contributed by atoms with Crippen molar-refractivity contribution in [3.05, 3.63) is 23.3 Å². The van der Waals surface area contributed by atoms with E-state index in [0.29, 0.717) is 12.0 Å². The molecule has 8 nitrogen and oxygen atoms in total. The van der Waals surface area contributed by atoms with Crippen LogP contribution in [0.3, 0.4) is 0 Å². The summed E-state index contributed by atoms with van der Waals surface area (Å²) in [7, 11) is 0. The van der Waals surface area contributed by atoms with Gasteiger partial charge in [0.2, 0.25) is 12.6 Å². The number of fused-ring (bicyclic) bond motifs is 3. The van der Waals surface area contributed by atoms with E-state index < -0.39 is 54.7 Å². The number of esters is 3. The fraction of sp³-hybridized carbons (Fsp3) is 0.708. The molecule has 1 saturated carbocycles. The van der Waals surface area contributed by atoms with Gasteiger partial charge in [-0.1, -0.05) is 38.5 Å². The Morgan fingerprint density at radius 3 is 2.62 bits per heavy atom. The molecule has 4 fully saturated rings. The normalized spacial score (nSPS) is 37.8. The number of allylic oxidation sites excluding steroid dienone is 3. The lowest BCUT2D eigenvalue weighted by atomic mass is 9.75. The van der Waals surface area contributed by atoms with Gasteiger partial charge in [0.05, 0.1) is 11.8 Å². The van der Waals surface area contributed by atoms with Crippen LogP contribution in [0.25, 0.3) is 0 Å². The Morgan fingerprint density at radius 2 is 1.94 bits per heavy atom. The molecule has 0 aromatic rings. The van der Waals surface area contributed by atoms with Crippen molar-refractivity contribution < 1.29 is 38.1 Å². The van der Waals surface area contributed by atoms with Crippen LogP contribution < -0.4 is 0 Å². The van der Waals surface area contributed by atoms with E-state index in [2.05, 4.69) is 13.8 Å². The summed E-state index contributed by atoms with van der Waals surface area (Å²) >= 11 is 0. The first-order valence-electron chi connectivity index (χ1n) is 11.5. The zero-order valence-electron chi connectivity index (χ0n) is 19.1. The molecule has 4 aliphatic rings. The van der Waals surface area contributed by atoms with E-state index in [1.165, 1.54) is 18.9 Å². The largest absolute Gasteiger partial charge is 0.455 e. The summed E-state index contributed by atoms with van der Waals surface area (Å²) in [5.74, 6) is -2.39. The molecule has 0 aromatic heterocycles. The van der Waals surface area contributed by atoms with Crippen molar-refractivity contribution in [1.29, 1.82) is 0 Å². The van der Waals surface area contributed by atoms with Crippen LogP contribution >= 0.6 is 0 Å². The van der Waals surface area contributed by atoms with Crippen molar-refractivity contribution >= 4 is 17.9 Å². The third kappa shape index (κ3) is 4.62. The van der Waals surface area contributed by atoms with Crippen molar-refractivity contribution in [2.45, 2.75) is 91.2 Å². The van der Waals surface area contributed by atoms with Crippen LogP contribution in [-0.4, -0.2) is 42.9 Å². The highest BCUT2D eigenvalue weighted by Gasteiger charge is 2.64. The van der Waals surface area contributed by atoms with Crippen LogP contribution in [0.5, 0.6) is 0 Å². The molecule has 32 heavy (non-hydrogen) atoms. The molecule has 3 saturated heterocycles. The first kappa shape index (κ1) is 23.0. The van der Waals surface area contributed by atoms with Gasteiger partial charge in [0.15, 0.2) is 12.4 Å². The van der Waals surface area contributed by atoms with Crippen molar-refractivity contribution in [3.63, 3.8) is 0 Å². The third-order valence-electron chi connectivity index (χ3n) is 6.58. The number of carbonyl (C=O) groups is 3. The highest BCUT2D eigenvalue weighted by molar-refractivity contribution is 5.92. The molecule has 0 amide bonds. The molecule has 8 heteroatoms. The molecule has 3 aliphatic heterocycles. The average Bonchev–Trinajstić information content (AvgIpc) is 3.27. The quantitative estimate of drug-likeness (QED) is 0.358. The SMILES string of the molecule is CCCC(=O)O[C@@H]1[C@@H](OC(C)=O)O[C@H]2O[C@H]3OC(=O)/C(=C/C=C4\CCCC(C)(C)C4)[C@H]3[C@H]21. The Hall–Kier alpha value is -2.19. The molecule has 3 heterocycles. The summed E-state index contributed by atoms with van der Waals surface area (Å²) in [5.41, 5.74) is 2.02. The number of ether oxygens (including phenoxy) is 5. The summed E-state index contributed by atoms with van der Waals surface area (Å²) in [6, 6.07) is 0. The lowest BCUT2D eigenvalue weighted by molar-refractivity contribution is -0.244. The maximum atomic E-state index is 12.6. The van der Waals surface area contributed by atoms with Gasteiger partial charge in [-0.3, -0.25) is 9.59 Å². The summed E-state index contributed by atoms with van der Waals surface area (Å²) in [6.07, 6.45) is 5.42. The Kier molecular flexibility index (Phi) is 6.45. The predicted molar refractivity (Wildman–Crippen MR) is 112 cm³/mol. The molecule has 0 bridgehead atoms. The number of rotatable bonds is 5. The van der Waals surface area contributed by atoms with Gasteiger partial charge < -0.3 is 23.7 Å². The molecule has 6 atom stereocenters. The highest BCUT2D eigenvalue weighted by atomic mass is 16.8. The fourth-order valence-corrected chi connectivity index (χ4v) is 5.22. The van der Waals surface area contributed by atoms with Crippen LogP contribution in [0, 0.1) is 17.3 Å². The lowest BCUT2D eigenvalue weighted by Crippen LogP contribution is -2.38. The fourth-order valence-electron chi connectivity index (χ4n) is 5.22. The zero-order chi connectivity index (χ0) is 23.0.